The molecular formula is C14H10BrClN2. The van der Waals surface area contributed by atoms with E-state index in [9.17, 15) is 0 Å². The van der Waals surface area contributed by atoms with E-state index in [0.717, 1.165) is 26.9 Å². The molecule has 0 spiro atoms. The van der Waals surface area contributed by atoms with E-state index < -0.39 is 0 Å². The van der Waals surface area contributed by atoms with Gasteiger partial charge in [-0.3, -0.25) is 0 Å². The number of halogens is 2. The Balaban J connectivity index is 2.26. The van der Waals surface area contributed by atoms with Gasteiger partial charge in [0.1, 0.15) is 11.3 Å². The summed E-state index contributed by atoms with van der Waals surface area (Å²) < 4.78 is 1.04. The first-order valence-corrected chi connectivity index (χ1v) is 6.73. The molecule has 0 radical (unpaired) electrons. The van der Waals surface area contributed by atoms with E-state index in [-0.39, 0.29) is 0 Å². The maximum absolute atomic E-state index is 6.14. The number of aromatic amines is 1. The summed E-state index contributed by atoms with van der Waals surface area (Å²) in [5, 5.41) is 0.669. The van der Waals surface area contributed by atoms with Crippen molar-refractivity contribution in [2.75, 3.05) is 0 Å². The SMILES string of the molecule is Cc1ccc(Br)cc1-c1nc2c(Cl)cccc2[nH]1. The summed E-state index contributed by atoms with van der Waals surface area (Å²) in [7, 11) is 0. The molecule has 1 heterocycles. The Morgan fingerprint density at radius 1 is 1.22 bits per heavy atom. The molecule has 0 amide bonds. The highest BCUT2D eigenvalue weighted by atomic mass is 79.9. The van der Waals surface area contributed by atoms with E-state index >= 15 is 0 Å². The van der Waals surface area contributed by atoms with Gasteiger partial charge in [-0.05, 0) is 36.8 Å². The molecule has 0 saturated heterocycles. The number of rotatable bonds is 1. The first-order valence-electron chi connectivity index (χ1n) is 5.56. The van der Waals surface area contributed by atoms with Gasteiger partial charge in [-0.25, -0.2) is 4.98 Å². The Kier molecular flexibility index (Phi) is 2.88. The summed E-state index contributed by atoms with van der Waals surface area (Å²) in [6.45, 7) is 2.07. The van der Waals surface area contributed by atoms with E-state index in [1.807, 2.05) is 24.3 Å². The van der Waals surface area contributed by atoms with Crippen molar-refractivity contribution >= 4 is 38.6 Å². The highest BCUT2D eigenvalue weighted by molar-refractivity contribution is 9.10. The summed E-state index contributed by atoms with van der Waals surface area (Å²) in [4.78, 5) is 7.88. The number of benzene rings is 2. The van der Waals surface area contributed by atoms with Crippen molar-refractivity contribution in [1.82, 2.24) is 9.97 Å². The number of nitrogens with one attached hydrogen (secondary N) is 1. The van der Waals surface area contributed by atoms with E-state index in [0.29, 0.717) is 5.02 Å². The molecule has 0 saturated carbocycles. The third-order valence-electron chi connectivity index (χ3n) is 2.92. The van der Waals surface area contributed by atoms with Crippen LogP contribution in [0.3, 0.4) is 0 Å². The van der Waals surface area contributed by atoms with Gasteiger partial charge in [0.25, 0.3) is 0 Å². The summed E-state index contributed by atoms with van der Waals surface area (Å²) in [5.41, 5.74) is 4.02. The predicted molar refractivity (Wildman–Crippen MR) is 79.0 cm³/mol. The van der Waals surface area contributed by atoms with Crippen LogP contribution in [-0.2, 0) is 0 Å². The average molecular weight is 322 g/mol. The molecule has 18 heavy (non-hydrogen) atoms. The molecular weight excluding hydrogens is 312 g/mol. The van der Waals surface area contributed by atoms with Gasteiger partial charge in [0.2, 0.25) is 0 Å². The molecule has 0 aliphatic carbocycles. The summed E-state index contributed by atoms with van der Waals surface area (Å²) in [6, 6.07) is 11.9. The Labute approximate surface area is 118 Å². The van der Waals surface area contributed by atoms with Crippen molar-refractivity contribution in [2.24, 2.45) is 0 Å². The first-order chi connectivity index (χ1) is 8.65. The summed E-state index contributed by atoms with van der Waals surface area (Å²) in [5.74, 6) is 0.844. The van der Waals surface area contributed by atoms with Gasteiger partial charge >= 0.3 is 0 Å². The molecule has 90 valence electrons. The van der Waals surface area contributed by atoms with E-state index in [1.54, 1.807) is 0 Å². The van der Waals surface area contributed by atoms with E-state index in [1.165, 1.54) is 5.56 Å². The molecule has 4 heteroatoms. The zero-order valence-corrected chi connectivity index (χ0v) is 12.0. The third kappa shape index (κ3) is 1.93. The standard InChI is InChI=1S/C14H10BrClN2/c1-8-5-6-9(15)7-10(8)14-17-12-4-2-3-11(16)13(12)18-14/h2-7H,1H3,(H,17,18). The number of hydrogen-bond acceptors (Lipinski definition) is 1. The van der Waals surface area contributed by atoms with Crippen molar-refractivity contribution in [3.05, 3.63) is 51.5 Å². The molecule has 1 aromatic heterocycles. The number of aryl methyl sites for hydroxylation is 1. The lowest BCUT2D eigenvalue weighted by Crippen LogP contribution is -1.85. The van der Waals surface area contributed by atoms with Gasteiger partial charge in [-0.15, -0.1) is 0 Å². The average Bonchev–Trinajstić information content (AvgIpc) is 2.77. The van der Waals surface area contributed by atoms with Crippen LogP contribution < -0.4 is 0 Å². The molecule has 3 aromatic rings. The number of imidazole rings is 1. The van der Waals surface area contributed by atoms with Crippen molar-refractivity contribution in [3.63, 3.8) is 0 Å². The zero-order valence-electron chi connectivity index (χ0n) is 9.67. The fourth-order valence-electron chi connectivity index (χ4n) is 1.97. The van der Waals surface area contributed by atoms with Crippen LogP contribution in [0.4, 0.5) is 0 Å². The second-order valence-electron chi connectivity index (χ2n) is 4.18. The van der Waals surface area contributed by atoms with Crippen LogP contribution in [0.15, 0.2) is 40.9 Å². The van der Waals surface area contributed by atoms with E-state index in [4.69, 9.17) is 11.6 Å². The minimum atomic E-state index is 0.669. The Hall–Kier alpha value is -1.32. The molecule has 0 fully saturated rings. The molecule has 0 unspecified atom stereocenters. The van der Waals surface area contributed by atoms with Gasteiger partial charge < -0.3 is 4.98 Å². The van der Waals surface area contributed by atoms with Gasteiger partial charge in [0, 0.05) is 10.0 Å². The molecule has 0 atom stereocenters. The minimum Gasteiger partial charge on any atom is -0.338 e. The molecule has 0 bridgehead atoms. The predicted octanol–water partition coefficient (Wildman–Crippen LogP) is 4.95. The second kappa shape index (κ2) is 4.41. The molecule has 2 nitrogen and oxygen atoms in total. The molecule has 3 rings (SSSR count). The van der Waals surface area contributed by atoms with Gasteiger partial charge in [-0.1, -0.05) is 39.7 Å². The third-order valence-corrected chi connectivity index (χ3v) is 3.72. The van der Waals surface area contributed by atoms with Crippen LogP contribution in [0.5, 0.6) is 0 Å². The second-order valence-corrected chi connectivity index (χ2v) is 5.50. The zero-order chi connectivity index (χ0) is 12.7. The maximum atomic E-state index is 6.14. The van der Waals surface area contributed by atoms with Crippen LogP contribution in [-0.4, -0.2) is 9.97 Å². The molecule has 0 aliphatic heterocycles. The van der Waals surface area contributed by atoms with Crippen LogP contribution in [0, 0.1) is 6.92 Å². The van der Waals surface area contributed by atoms with Crippen LogP contribution in [0.2, 0.25) is 5.02 Å². The first kappa shape index (κ1) is 11.8. The number of hydrogen-bond donors (Lipinski definition) is 1. The number of nitrogens with zero attached hydrogens (tertiary/aromatic N) is 1. The lowest BCUT2D eigenvalue weighted by atomic mass is 10.1. The van der Waals surface area contributed by atoms with Crippen molar-refractivity contribution in [3.8, 4) is 11.4 Å². The van der Waals surface area contributed by atoms with Gasteiger partial charge in [-0.2, -0.15) is 0 Å². The number of H-pyrrole nitrogens is 1. The van der Waals surface area contributed by atoms with E-state index in [2.05, 4.69) is 45.0 Å². The van der Waals surface area contributed by atoms with Crippen molar-refractivity contribution in [2.45, 2.75) is 6.92 Å². The fourth-order valence-corrected chi connectivity index (χ4v) is 2.55. The molecule has 0 aliphatic rings. The lowest BCUT2D eigenvalue weighted by molar-refractivity contribution is 1.30. The van der Waals surface area contributed by atoms with Gasteiger partial charge in [0.05, 0.1) is 10.5 Å². The number of aromatic nitrogens is 2. The van der Waals surface area contributed by atoms with Gasteiger partial charge in [0.15, 0.2) is 0 Å². The summed E-state index contributed by atoms with van der Waals surface area (Å²) in [6.07, 6.45) is 0. The molecule has 1 N–H and O–H groups in total. The van der Waals surface area contributed by atoms with Crippen molar-refractivity contribution < 1.29 is 0 Å². The minimum absolute atomic E-state index is 0.669. The fraction of sp³-hybridized carbons (Fsp3) is 0.0714. The smallest absolute Gasteiger partial charge is 0.138 e. The summed E-state index contributed by atoms with van der Waals surface area (Å²) >= 11 is 9.62. The number of fused-ring (bicyclic) bond motifs is 1. The monoisotopic (exact) mass is 320 g/mol. The van der Waals surface area contributed by atoms with Crippen LogP contribution in [0.25, 0.3) is 22.4 Å². The normalized spacial score (nSPS) is 11.1. The van der Waals surface area contributed by atoms with Crippen LogP contribution >= 0.6 is 27.5 Å². The molecule has 2 aromatic carbocycles. The lowest BCUT2D eigenvalue weighted by Gasteiger charge is -2.02. The highest BCUT2D eigenvalue weighted by Crippen LogP contribution is 2.28. The quantitative estimate of drug-likeness (QED) is 0.674. The van der Waals surface area contributed by atoms with Crippen molar-refractivity contribution in [1.29, 1.82) is 0 Å². The Morgan fingerprint density at radius 3 is 2.83 bits per heavy atom. The highest BCUT2D eigenvalue weighted by Gasteiger charge is 2.10. The Bertz CT molecular complexity index is 734. The maximum Gasteiger partial charge on any atom is 0.138 e. The number of para-hydroxylation sites is 1. The topological polar surface area (TPSA) is 28.7 Å². The Morgan fingerprint density at radius 2 is 2.06 bits per heavy atom. The van der Waals surface area contributed by atoms with Crippen LogP contribution in [0.1, 0.15) is 5.56 Å². The largest absolute Gasteiger partial charge is 0.338 e.